The van der Waals surface area contributed by atoms with Crippen LogP contribution >= 0.6 is 0 Å². The van der Waals surface area contributed by atoms with E-state index in [0.717, 1.165) is 24.8 Å². The second kappa shape index (κ2) is 5.52. The van der Waals surface area contributed by atoms with Gasteiger partial charge in [0.15, 0.2) is 0 Å². The monoisotopic (exact) mass is 279 g/mol. The minimum Gasteiger partial charge on any atom is -0.319 e. The van der Waals surface area contributed by atoms with Crippen LogP contribution in [0.2, 0.25) is 0 Å². The van der Waals surface area contributed by atoms with E-state index in [1.165, 1.54) is 11.1 Å². The number of benzene rings is 2. The van der Waals surface area contributed by atoms with E-state index in [4.69, 9.17) is 0 Å². The van der Waals surface area contributed by atoms with E-state index >= 15 is 0 Å². The lowest BCUT2D eigenvalue weighted by molar-refractivity contribution is -0.112. The predicted molar refractivity (Wildman–Crippen MR) is 82.6 cm³/mol. The molecular weight excluding hydrogens is 262 g/mol. The molecule has 21 heavy (non-hydrogen) atoms. The highest BCUT2D eigenvalue weighted by molar-refractivity contribution is 6.46. The number of Topliss-reactive ketones (excluding diaryl/α,β-unsaturated/α-hetero) is 1. The van der Waals surface area contributed by atoms with Gasteiger partial charge in [-0.2, -0.15) is 0 Å². The highest BCUT2D eigenvalue weighted by atomic mass is 16.2. The highest BCUT2D eigenvalue weighted by Crippen LogP contribution is 2.23. The predicted octanol–water partition coefficient (Wildman–Crippen LogP) is 3.31. The van der Waals surface area contributed by atoms with E-state index < -0.39 is 11.7 Å². The van der Waals surface area contributed by atoms with Crippen LogP contribution in [0.3, 0.4) is 0 Å². The van der Waals surface area contributed by atoms with Gasteiger partial charge in [-0.05, 0) is 61.1 Å². The van der Waals surface area contributed by atoms with Crippen LogP contribution in [0.25, 0.3) is 0 Å². The van der Waals surface area contributed by atoms with Gasteiger partial charge in [0.25, 0.3) is 11.7 Å². The van der Waals surface area contributed by atoms with Crippen LogP contribution in [-0.2, 0) is 17.6 Å². The number of carbonyl (C=O) groups is 2. The van der Waals surface area contributed by atoms with E-state index in [0.29, 0.717) is 11.3 Å². The quantitative estimate of drug-likeness (QED) is 0.692. The fraction of sp³-hybridized carbons (Fsp3) is 0.222. The summed E-state index contributed by atoms with van der Waals surface area (Å²) in [5, 5.41) is 2.66. The Morgan fingerprint density at radius 3 is 2.62 bits per heavy atom. The van der Waals surface area contributed by atoms with Gasteiger partial charge in [0.05, 0.1) is 0 Å². The Kier molecular flexibility index (Phi) is 3.57. The zero-order chi connectivity index (χ0) is 14.8. The Hall–Kier alpha value is -2.42. The standard InChI is InChI=1S/C18H17NO2/c1-12-4-2-7-16(10-12)19-18(21)17(20)15-9-8-13-5-3-6-14(13)11-15/h2,4,7-11H,3,5-6H2,1H3,(H,19,21). The lowest BCUT2D eigenvalue weighted by Crippen LogP contribution is -2.23. The van der Waals surface area contributed by atoms with Crippen LogP contribution in [0.15, 0.2) is 42.5 Å². The maximum absolute atomic E-state index is 12.2. The minimum absolute atomic E-state index is 0.473. The molecule has 0 unspecified atom stereocenters. The van der Waals surface area contributed by atoms with Gasteiger partial charge < -0.3 is 5.32 Å². The number of hydrogen-bond acceptors (Lipinski definition) is 2. The summed E-state index contributed by atoms with van der Waals surface area (Å²) >= 11 is 0. The summed E-state index contributed by atoms with van der Waals surface area (Å²) in [4.78, 5) is 24.3. The van der Waals surface area contributed by atoms with E-state index in [-0.39, 0.29) is 0 Å². The Bertz CT molecular complexity index is 719. The smallest absolute Gasteiger partial charge is 0.296 e. The van der Waals surface area contributed by atoms with Crippen LogP contribution in [-0.4, -0.2) is 11.7 Å². The maximum Gasteiger partial charge on any atom is 0.296 e. The van der Waals surface area contributed by atoms with Crippen molar-refractivity contribution in [2.24, 2.45) is 0 Å². The van der Waals surface area contributed by atoms with Crippen LogP contribution in [0.5, 0.6) is 0 Å². The molecule has 2 aromatic rings. The number of aryl methyl sites for hydroxylation is 3. The van der Waals surface area contributed by atoms with Gasteiger partial charge in [0.2, 0.25) is 0 Å². The first kappa shape index (κ1) is 13.6. The topological polar surface area (TPSA) is 46.2 Å². The molecule has 0 radical (unpaired) electrons. The average molecular weight is 279 g/mol. The molecular formula is C18H17NO2. The van der Waals surface area contributed by atoms with Crippen molar-refractivity contribution >= 4 is 17.4 Å². The van der Waals surface area contributed by atoms with Gasteiger partial charge in [-0.15, -0.1) is 0 Å². The molecule has 0 bridgehead atoms. The molecule has 0 heterocycles. The zero-order valence-electron chi connectivity index (χ0n) is 12.0. The van der Waals surface area contributed by atoms with Gasteiger partial charge in [-0.1, -0.05) is 24.3 Å². The van der Waals surface area contributed by atoms with E-state index in [1.54, 1.807) is 12.1 Å². The van der Waals surface area contributed by atoms with Crippen molar-refractivity contribution in [2.75, 3.05) is 5.32 Å². The molecule has 0 saturated carbocycles. The van der Waals surface area contributed by atoms with Crippen LogP contribution in [0.1, 0.15) is 33.5 Å². The van der Waals surface area contributed by atoms with E-state index in [9.17, 15) is 9.59 Å². The normalized spacial score (nSPS) is 12.8. The average Bonchev–Trinajstić information content (AvgIpc) is 2.93. The Labute approximate surface area is 124 Å². The summed E-state index contributed by atoms with van der Waals surface area (Å²) in [5.74, 6) is -1.07. The summed E-state index contributed by atoms with van der Waals surface area (Å²) in [6.45, 7) is 1.94. The number of anilines is 1. The largest absolute Gasteiger partial charge is 0.319 e. The van der Waals surface area contributed by atoms with Crippen molar-refractivity contribution in [3.63, 3.8) is 0 Å². The maximum atomic E-state index is 12.2. The summed E-state index contributed by atoms with van der Waals surface area (Å²) in [6.07, 6.45) is 3.19. The van der Waals surface area contributed by atoms with Crippen molar-refractivity contribution in [1.82, 2.24) is 0 Å². The Morgan fingerprint density at radius 2 is 1.81 bits per heavy atom. The second-order valence-corrected chi connectivity index (χ2v) is 5.49. The van der Waals surface area contributed by atoms with Gasteiger partial charge >= 0.3 is 0 Å². The molecule has 3 nitrogen and oxygen atoms in total. The molecule has 106 valence electrons. The van der Waals surface area contributed by atoms with Crippen LogP contribution < -0.4 is 5.32 Å². The molecule has 0 fully saturated rings. The molecule has 0 aromatic heterocycles. The number of carbonyl (C=O) groups excluding carboxylic acids is 2. The van der Waals surface area contributed by atoms with Crippen molar-refractivity contribution < 1.29 is 9.59 Å². The molecule has 0 aliphatic heterocycles. The van der Waals surface area contributed by atoms with Crippen LogP contribution in [0, 0.1) is 6.92 Å². The molecule has 2 aromatic carbocycles. The molecule has 1 aliphatic rings. The molecule has 0 atom stereocenters. The third-order valence-electron chi connectivity index (χ3n) is 3.84. The summed E-state index contributed by atoms with van der Waals surface area (Å²) in [7, 11) is 0. The SMILES string of the molecule is Cc1cccc(NC(=O)C(=O)c2ccc3c(c2)CCC3)c1. The molecule has 1 amide bonds. The van der Waals surface area contributed by atoms with Crippen LogP contribution in [0.4, 0.5) is 5.69 Å². The second-order valence-electron chi connectivity index (χ2n) is 5.49. The van der Waals surface area contributed by atoms with E-state index in [2.05, 4.69) is 5.32 Å². The first-order valence-corrected chi connectivity index (χ1v) is 7.17. The molecule has 0 saturated heterocycles. The fourth-order valence-corrected chi connectivity index (χ4v) is 2.75. The third kappa shape index (κ3) is 2.87. The lowest BCUT2D eigenvalue weighted by Gasteiger charge is -2.06. The number of amides is 1. The Morgan fingerprint density at radius 1 is 1.00 bits per heavy atom. The highest BCUT2D eigenvalue weighted by Gasteiger charge is 2.19. The van der Waals surface area contributed by atoms with E-state index in [1.807, 2.05) is 37.3 Å². The number of nitrogens with one attached hydrogen (secondary N) is 1. The van der Waals surface area contributed by atoms with Crippen molar-refractivity contribution in [1.29, 1.82) is 0 Å². The molecule has 3 rings (SSSR count). The number of rotatable bonds is 3. The molecule has 1 N–H and O–H groups in total. The van der Waals surface area contributed by atoms with Gasteiger partial charge in [0.1, 0.15) is 0 Å². The first-order valence-electron chi connectivity index (χ1n) is 7.17. The minimum atomic E-state index is -0.585. The number of fused-ring (bicyclic) bond motifs is 1. The van der Waals surface area contributed by atoms with Crippen molar-refractivity contribution in [2.45, 2.75) is 26.2 Å². The number of hydrogen-bond donors (Lipinski definition) is 1. The molecule has 1 aliphatic carbocycles. The first-order chi connectivity index (χ1) is 10.1. The van der Waals surface area contributed by atoms with Crippen molar-refractivity contribution in [3.8, 4) is 0 Å². The Balaban J connectivity index is 1.77. The van der Waals surface area contributed by atoms with Gasteiger partial charge in [-0.3, -0.25) is 9.59 Å². The third-order valence-corrected chi connectivity index (χ3v) is 3.84. The summed E-state index contributed by atoms with van der Waals surface area (Å²) < 4.78 is 0. The number of ketones is 1. The fourth-order valence-electron chi connectivity index (χ4n) is 2.75. The zero-order valence-corrected chi connectivity index (χ0v) is 12.0. The van der Waals surface area contributed by atoms with Gasteiger partial charge in [0, 0.05) is 11.3 Å². The van der Waals surface area contributed by atoms with Crippen molar-refractivity contribution in [3.05, 3.63) is 64.7 Å². The molecule has 3 heteroatoms. The summed E-state index contributed by atoms with van der Waals surface area (Å²) in [5.41, 5.74) is 4.66. The molecule has 0 spiro atoms. The summed E-state index contributed by atoms with van der Waals surface area (Å²) in [6, 6.07) is 13.0. The lowest BCUT2D eigenvalue weighted by atomic mass is 10.0. The van der Waals surface area contributed by atoms with Gasteiger partial charge in [-0.25, -0.2) is 0 Å².